The van der Waals surface area contributed by atoms with Crippen LogP contribution in [-0.4, -0.2) is 25.7 Å². The Bertz CT molecular complexity index is 829. The summed E-state index contributed by atoms with van der Waals surface area (Å²) < 4.78 is 40.1. The van der Waals surface area contributed by atoms with Crippen LogP contribution >= 0.6 is 11.6 Å². The zero-order valence-electron chi connectivity index (χ0n) is 12.1. The molecule has 0 amide bonds. The Kier molecular flexibility index (Phi) is 4.18. The molecule has 23 heavy (non-hydrogen) atoms. The summed E-state index contributed by atoms with van der Waals surface area (Å²) in [5.74, 6) is -0.685. The number of fused-ring (bicyclic) bond motifs is 1. The number of sulfonamides is 1. The fraction of sp³-hybridized carbons (Fsp3) is 0.250. The molecule has 0 atom stereocenters. The first-order valence-corrected chi connectivity index (χ1v) is 8.89. The molecule has 0 aliphatic heterocycles. The lowest BCUT2D eigenvalue weighted by molar-refractivity contribution is 0.0567. The average Bonchev–Trinajstić information content (AvgIpc) is 2.85. The summed E-state index contributed by atoms with van der Waals surface area (Å²) in [6, 6.07) is 10.8. The van der Waals surface area contributed by atoms with Crippen molar-refractivity contribution in [2.24, 2.45) is 0 Å². The van der Waals surface area contributed by atoms with Crippen LogP contribution in [0.3, 0.4) is 0 Å². The van der Waals surface area contributed by atoms with Gasteiger partial charge in [-0.15, -0.1) is 0 Å². The van der Waals surface area contributed by atoms with E-state index in [9.17, 15) is 17.9 Å². The summed E-state index contributed by atoms with van der Waals surface area (Å²) in [6.07, 6.45) is 0.770. The fourth-order valence-electron chi connectivity index (χ4n) is 2.76. The van der Waals surface area contributed by atoms with Crippen molar-refractivity contribution < 1.29 is 17.9 Å². The highest BCUT2D eigenvalue weighted by atomic mass is 35.5. The lowest BCUT2D eigenvalue weighted by Gasteiger charge is -2.22. The van der Waals surface area contributed by atoms with Gasteiger partial charge in [0, 0.05) is 19.4 Å². The normalized spacial score (nSPS) is 16.3. The molecule has 0 aromatic heterocycles. The minimum atomic E-state index is -3.87. The molecule has 2 aromatic carbocycles. The van der Waals surface area contributed by atoms with Crippen molar-refractivity contribution in [2.45, 2.75) is 23.3 Å². The van der Waals surface area contributed by atoms with Gasteiger partial charge in [-0.05, 0) is 29.3 Å². The van der Waals surface area contributed by atoms with Gasteiger partial charge in [-0.25, -0.2) is 17.5 Å². The van der Waals surface area contributed by atoms with E-state index < -0.39 is 21.4 Å². The van der Waals surface area contributed by atoms with Crippen LogP contribution in [0.5, 0.6) is 0 Å². The van der Waals surface area contributed by atoms with Crippen molar-refractivity contribution in [3.05, 3.63) is 64.4 Å². The summed E-state index contributed by atoms with van der Waals surface area (Å²) >= 11 is 5.62. The third-order valence-corrected chi connectivity index (χ3v) is 5.64. The molecule has 2 N–H and O–H groups in total. The standard InChI is InChI=1S/C16H15ClFNO3S/c17-14-7-13(5-6-15(14)18)23(21,22)19-10-16(20)8-11-3-1-2-4-12(11)9-16/h1-7,19-20H,8-10H2. The predicted molar refractivity (Wildman–Crippen MR) is 85.4 cm³/mol. The fourth-order valence-corrected chi connectivity index (χ4v) is 4.15. The minimum Gasteiger partial charge on any atom is -0.388 e. The maximum atomic E-state index is 13.1. The van der Waals surface area contributed by atoms with Gasteiger partial charge in [-0.3, -0.25) is 0 Å². The maximum Gasteiger partial charge on any atom is 0.240 e. The Morgan fingerprint density at radius 1 is 1.17 bits per heavy atom. The van der Waals surface area contributed by atoms with E-state index in [0.29, 0.717) is 12.8 Å². The van der Waals surface area contributed by atoms with Gasteiger partial charge in [-0.1, -0.05) is 35.9 Å². The first-order valence-electron chi connectivity index (χ1n) is 7.03. The van der Waals surface area contributed by atoms with Crippen LogP contribution in [-0.2, 0) is 22.9 Å². The summed E-state index contributed by atoms with van der Waals surface area (Å²) in [5, 5.41) is 10.3. The number of aliphatic hydroxyl groups is 1. The molecule has 0 heterocycles. The molecule has 0 saturated heterocycles. The summed E-state index contributed by atoms with van der Waals surface area (Å²) in [5.41, 5.74) is 0.860. The SMILES string of the molecule is O=S(=O)(NCC1(O)Cc2ccccc2C1)c1ccc(F)c(Cl)c1. The van der Waals surface area contributed by atoms with Gasteiger partial charge in [0.15, 0.2) is 0 Å². The quantitative estimate of drug-likeness (QED) is 0.884. The molecule has 0 bridgehead atoms. The van der Waals surface area contributed by atoms with Gasteiger partial charge in [0.2, 0.25) is 10.0 Å². The van der Waals surface area contributed by atoms with Crippen LogP contribution in [0.4, 0.5) is 4.39 Å². The Morgan fingerprint density at radius 3 is 2.35 bits per heavy atom. The highest BCUT2D eigenvalue weighted by Gasteiger charge is 2.36. The molecule has 0 saturated carbocycles. The van der Waals surface area contributed by atoms with E-state index >= 15 is 0 Å². The predicted octanol–water partition coefficient (Wildman–Crippen LogP) is 2.29. The highest BCUT2D eigenvalue weighted by molar-refractivity contribution is 7.89. The van der Waals surface area contributed by atoms with E-state index in [0.717, 1.165) is 29.3 Å². The highest BCUT2D eigenvalue weighted by Crippen LogP contribution is 2.30. The topological polar surface area (TPSA) is 66.4 Å². The Labute approximate surface area is 139 Å². The third kappa shape index (κ3) is 3.40. The molecule has 1 aliphatic carbocycles. The Morgan fingerprint density at radius 2 is 1.78 bits per heavy atom. The molecule has 2 aromatic rings. The molecule has 4 nitrogen and oxygen atoms in total. The van der Waals surface area contributed by atoms with Crippen LogP contribution in [0.15, 0.2) is 47.4 Å². The molecule has 3 rings (SSSR count). The number of benzene rings is 2. The third-order valence-electron chi connectivity index (χ3n) is 3.95. The number of hydrogen-bond acceptors (Lipinski definition) is 3. The van der Waals surface area contributed by atoms with E-state index in [-0.39, 0.29) is 16.5 Å². The van der Waals surface area contributed by atoms with Crippen molar-refractivity contribution in [3.63, 3.8) is 0 Å². The molecule has 122 valence electrons. The van der Waals surface area contributed by atoms with Gasteiger partial charge in [-0.2, -0.15) is 0 Å². The maximum absolute atomic E-state index is 13.1. The molecule has 0 radical (unpaired) electrons. The van der Waals surface area contributed by atoms with Crippen molar-refractivity contribution in [2.75, 3.05) is 6.54 Å². The van der Waals surface area contributed by atoms with Crippen molar-refractivity contribution >= 4 is 21.6 Å². The second-order valence-electron chi connectivity index (χ2n) is 5.75. The Balaban J connectivity index is 1.74. The first-order chi connectivity index (χ1) is 10.8. The molecular formula is C16H15ClFNO3S. The summed E-state index contributed by atoms with van der Waals surface area (Å²) in [6.45, 7) is -0.126. The van der Waals surface area contributed by atoms with Gasteiger partial charge in [0.05, 0.1) is 15.5 Å². The van der Waals surface area contributed by atoms with E-state index in [1.165, 1.54) is 0 Å². The largest absolute Gasteiger partial charge is 0.388 e. The number of halogens is 2. The van der Waals surface area contributed by atoms with Gasteiger partial charge < -0.3 is 5.11 Å². The molecular weight excluding hydrogens is 341 g/mol. The second-order valence-corrected chi connectivity index (χ2v) is 7.92. The number of hydrogen-bond donors (Lipinski definition) is 2. The first kappa shape index (κ1) is 16.4. The monoisotopic (exact) mass is 355 g/mol. The lowest BCUT2D eigenvalue weighted by Crippen LogP contribution is -2.43. The number of nitrogens with one attached hydrogen (secondary N) is 1. The van der Waals surface area contributed by atoms with Crippen molar-refractivity contribution in [1.29, 1.82) is 0 Å². The summed E-state index contributed by atoms with van der Waals surface area (Å²) in [7, 11) is -3.87. The van der Waals surface area contributed by atoms with Gasteiger partial charge >= 0.3 is 0 Å². The van der Waals surface area contributed by atoms with E-state index in [4.69, 9.17) is 11.6 Å². The van der Waals surface area contributed by atoms with Gasteiger partial charge in [0.25, 0.3) is 0 Å². The second kappa shape index (κ2) is 5.87. The van der Waals surface area contributed by atoms with Crippen LogP contribution < -0.4 is 4.72 Å². The lowest BCUT2D eigenvalue weighted by atomic mass is 10.0. The zero-order valence-corrected chi connectivity index (χ0v) is 13.7. The van der Waals surface area contributed by atoms with E-state index in [2.05, 4.69) is 4.72 Å². The molecule has 0 fully saturated rings. The molecule has 7 heteroatoms. The minimum absolute atomic E-state index is 0.126. The Hall–Kier alpha value is -1.47. The number of rotatable bonds is 4. The van der Waals surface area contributed by atoms with E-state index in [1.54, 1.807) is 0 Å². The average molecular weight is 356 g/mol. The zero-order chi connectivity index (χ0) is 16.7. The smallest absolute Gasteiger partial charge is 0.240 e. The van der Waals surface area contributed by atoms with Gasteiger partial charge in [0.1, 0.15) is 5.82 Å². The van der Waals surface area contributed by atoms with E-state index in [1.807, 2.05) is 24.3 Å². The van der Waals surface area contributed by atoms with Crippen LogP contribution in [0.1, 0.15) is 11.1 Å². The van der Waals surface area contributed by atoms with Crippen LogP contribution in [0, 0.1) is 5.82 Å². The molecule has 0 unspecified atom stereocenters. The summed E-state index contributed by atoms with van der Waals surface area (Å²) in [4.78, 5) is -0.136. The molecule has 1 aliphatic rings. The van der Waals surface area contributed by atoms with Crippen LogP contribution in [0.25, 0.3) is 0 Å². The van der Waals surface area contributed by atoms with Crippen molar-refractivity contribution in [3.8, 4) is 0 Å². The molecule has 0 spiro atoms. The van der Waals surface area contributed by atoms with Crippen molar-refractivity contribution in [1.82, 2.24) is 4.72 Å². The van der Waals surface area contributed by atoms with Crippen LogP contribution in [0.2, 0.25) is 5.02 Å².